The second-order valence-electron chi connectivity index (χ2n) is 4.64. The SMILES string of the molecule is CCC(C)(C#N)NC(=O)c1ccc2ccccc2n1. The quantitative estimate of drug-likeness (QED) is 0.914. The highest BCUT2D eigenvalue weighted by Crippen LogP contribution is 2.13. The molecule has 1 aromatic carbocycles. The lowest BCUT2D eigenvalue weighted by atomic mass is 10.0. The molecule has 0 saturated heterocycles. The number of fused-ring (bicyclic) bond motifs is 1. The van der Waals surface area contributed by atoms with E-state index in [0.717, 1.165) is 10.9 Å². The first-order valence-electron chi connectivity index (χ1n) is 6.17. The molecule has 0 aliphatic carbocycles. The molecule has 96 valence electrons. The summed E-state index contributed by atoms with van der Waals surface area (Å²) in [6, 6.07) is 13.2. The van der Waals surface area contributed by atoms with Crippen molar-refractivity contribution in [2.75, 3.05) is 0 Å². The Labute approximate surface area is 112 Å². The molecule has 4 heteroatoms. The van der Waals surface area contributed by atoms with Crippen molar-refractivity contribution in [2.24, 2.45) is 0 Å². The van der Waals surface area contributed by atoms with Gasteiger partial charge in [-0.3, -0.25) is 4.79 Å². The molecule has 2 aromatic rings. The fourth-order valence-corrected chi connectivity index (χ4v) is 1.70. The number of hydrogen-bond donors (Lipinski definition) is 1. The van der Waals surface area contributed by atoms with E-state index in [1.165, 1.54) is 0 Å². The molecule has 0 bridgehead atoms. The van der Waals surface area contributed by atoms with Gasteiger partial charge in [0, 0.05) is 5.39 Å². The molecule has 0 saturated carbocycles. The lowest BCUT2D eigenvalue weighted by Gasteiger charge is -2.20. The van der Waals surface area contributed by atoms with Crippen molar-refractivity contribution < 1.29 is 4.79 Å². The van der Waals surface area contributed by atoms with Gasteiger partial charge < -0.3 is 5.32 Å². The van der Waals surface area contributed by atoms with E-state index in [2.05, 4.69) is 16.4 Å². The summed E-state index contributed by atoms with van der Waals surface area (Å²) in [4.78, 5) is 16.4. The zero-order chi connectivity index (χ0) is 13.9. The molecule has 1 N–H and O–H groups in total. The molecule has 0 spiro atoms. The highest BCUT2D eigenvalue weighted by Gasteiger charge is 2.24. The molecule has 0 aliphatic rings. The first-order valence-corrected chi connectivity index (χ1v) is 6.17. The van der Waals surface area contributed by atoms with Crippen LogP contribution in [-0.2, 0) is 0 Å². The third kappa shape index (κ3) is 2.71. The number of pyridine rings is 1. The monoisotopic (exact) mass is 253 g/mol. The van der Waals surface area contributed by atoms with Crippen LogP contribution in [0.4, 0.5) is 0 Å². The zero-order valence-electron chi connectivity index (χ0n) is 11.0. The standard InChI is InChI=1S/C15H15N3O/c1-3-15(2,10-16)18-14(19)13-9-8-11-6-4-5-7-12(11)17-13/h4-9H,3H2,1-2H3,(H,18,19). The molecule has 19 heavy (non-hydrogen) atoms. The van der Waals surface area contributed by atoms with Crippen molar-refractivity contribution in [2.45, 2.75) is 25.8 Å². The van der Waals surface area contributed by atoms with Crippen LogP contribution in [0.15, 0.2) is 36.4 Å². The summed E-state index contributed by atoms with van der Waals surface area (Å²) >= 11 is 0. The lowest BCUT2D eigenvalue weighted by molar-refractivity contribution is 0.0918. The maximum Gasteiger partial charge on any atom is 0.271 e. The first kappa shape index (κ1) is 13.0. The Morgan fingerprint density at radius 2 is 2.11 bits per heavy atom. The number of nitrogens with zero attached hydrogens (tertiary/aromatic N) is 2. The Hall–Kier alpha value is -2.41. The Balaban J connectivity index is 2.30. The van der Waals surface area contributed by atoms with Crippen molar-refractivity contribution in [3.8, 4) is 6.07 Å². The van der Waals surface area contributed by atoms with Crippen molar-refractivity contribution in [3.63, 3.8) is 0 Å². The summed E-state index contributed by atoms with van der Waals surface area (Å²) < 4.78 is 0. The Morgan fingerprint density at radius 3 is 2.79 bits per heavy atom. The Bertz CT molecular complexity index is 660. The van der Waals surface area contributed by atoms with E-state index in [1.807, 2.05) is 37.3 Å². The molecule has 1 heterocycles. The molecular weight excluding hydrogens is 238 g/mol. The summed E-state index contributed by atoms with van der Waals surface area (Å²) in [6.45, 7) is 3.56. The van der Waals surface area contributed by atoms with Crippen molar-refractivity contribution in [1.29, 1.82) is 5.26 Å². The number of carbonyl (C=O) groups excluding carboxylic acids is 1. The van der Waals surface area contributed by atoms with Crippen LogP contribution >= 0.6 is 0 Å². The maximum absolute atomic E-state index is 12.1. The normalized spacial score (nSPS) is 13.5. The highest BCUT2D eigenvalue weighted by atomic mass is 16.2. The molecular formula is C15H15N3O. The van der Waals surface area contributed by atoms with Crippen LogP contribution in [0.3, 0.4) is 0 Å². The topological polar surface area (TPSA) is 65.8 Å². The number of nitriles is 1. The largest absolute Gasteiger partial charge is 0.333 e. The van der Waals surface area contributed by atoms with Crippen LogP contribution in [-0.4, -0.2) is 16.4 Å². The summed E-state index contributed by atoms with van der Waals surface area (Å²) in [7, 11) is 0. The van der Waals surface area contributed by atoms with Gasteiger partial charge in [0.2, 0.25) is 0 Å². The molecule has 2 rings (SSSR count). The molecule has 1 unspecified atom stereocenters. The van der Waals surface area contributed by atoms with Crippen LogP contribution in [0.25, 0.3) is 10.9 Å². The number of aromatic nitrogens is 1. The Kier molecular flexibility index (Phi) is 3.48. The number of rotatable bonds is 3. The molecule has 1 atom stereocenters. The second-order valence-corrected chi connectivity index (χ2v) is 4.64. The summed E-state index contributed by atoms with van der Waals surface area (Å²) in [5, 5.41) is 12.8. The Morgan fingerprint density at radius 1 is 1.37 bits per heavy atom. The third-order valence-corrected chi connectivity index (χ3v) is 3.17. The summed E-state index contributed by atoms with van der Waals surface area (Å²) in [5.74, 6) is -0.323. The number of para-hydroxylation sites is 1. The number of hydrogen-bond acceptors (Lipinski definition) is 3. The van der Waals surface area contributed by atoms with Gasteiger partial charge in [-0.1, -0.05) is 31.2 Å². The van der Waals surface area contributed by atoms with Gasteiger partial charge in [-0.2, -0.15) is 5.26 Å². The smallest absolute Gasteiger partial charge is 0.271 e. The van der Waals surface area contributed by atoms with E-state index in [4.69, 9.17) is 5.26 Å². The fraction of sp³-hybridized carbons (Fsp3) is 0.267. The zero-order valence-corrected chi connectivity index (χ0v) is 11.0. The number of nitrogens with one attached hydrogen (secondary N) is 1. The van der Waals surface area contributed by atoms with E-state index in [9.17, 15) is 4.79 Å². The van der Waals surface area contributed by atoms with E-state index < -0.39 is 5.54 Å². The minimum Gasteiger partial charge on any atom is -0.333 e. The van der Waals surface area contributed by atoms with Crippen molar-refractivity contribution in [3.05, 3.63) is 42.1 Å². The predicted octanol–water partition coefficient (Wildman–Crippen LogP) is 2.66. The fourth-order valence-electron chi connectivity index (χ4n) is 1.70. The van der Waals surface area contributed by atoms with Gasteiger partial charge in [-0.05, 0) is 25.5 Å². The summed E-state index contributed by atoms with van der Waals surface area (Å²) in [5.41, 5.74) is 0.239. The average molecular weight is 253 g/mol. The van der Waals surface area contributed by atoms with Crippen molar-refractivity contribution >= 4 is 16.8 Å². The first-order chi connectivity index (χ1) is 9.08. The number of benzene rings is 1. The second kappa shape index (κ2) is 5.07. The van der Waals surface area contributed by atoms with E-state index in [-0.39, 0.29) is 5.91 Å². The maximum atomic E-state index is 12.1. The van der Waals surface area contributed by atoms with Crippen LogP contribution in [0.2, 0.25) is 0 Å². The van der Waals surface area contributed by atoms with E-state index in [1.54, 1.807) is 13.0 Å². The third-order valence-electron chi connectivity index (χ3n) is 3.17. The van der Waals surface area contributed by atoms with Gasteiger partial charge >= 0.3 is 0 Å². The molecule has 0 radical (unpaired) electrons. The molecule has 1 amide bonds. The highest BCUT2D eigenvalue weighted by molar-refractivity contribution is 5.95. The van der Waals surface area contributed by atoms with Crippen LogP contribution in [0.1, 0.15) is 30.8 Å². The van der Waals surface area contributed by atoms with E-state index in [0.29, 0.717) is 12.1 Å². The van der Waals surface area contributed by atoms with Gasteiger partial charge in [0.1, 0.15) is 11.2 Å². The van der Waals surface area contributed by atoms with Gasteiger partial charge in [-0.25, -0.2) is 4.98 Å². The lowest BCUT2D eigenvalue weighted by Crippen LogP contribution is -2.44. The molecule has 0 fully saturated rings. The molecule has 4 nitrogen and oxygen atoms in total. The van der Waals surface area contributed by atoms with Crippen LogP contribution < -0.4 is 5.32 Å². The van der Waals surface area contributed by atoms with Crippen molar-refractivity contribution in [1.82, 2.24) is 10.3 Å². The number of carbonyl (C=O) groups is 1. The van der Waals surface area contributed by atoms with Crippen LogP contribution in [0, 0.1) is 11.3 Å². The average Bonchev–Trinajstić information content (AvgIpc) is 2.46. The summed E-state index contributed by atoms with van der Waals surface area (Å²) in [6.07, 6.45) is 0.544. The predicted molar refractivity (Wildman–Crippen MR) is 73.5 cm³/mol. The van der Waals surface area contributed by atoms with E-state index >= 15 is 0 Å². The molecule has 0 aliphatic heterocycles. The van der Waals surface area contributed by atoms with Crippen LogP contribution in [0.5, 0.6) is 0 Å². The van der Waals surface area contributed by atoms with Gasteiger partial charge in [0.05, 0.1) is 11.6 Å². The molecule has 1 aromatic heterocycles. The van der Waals surface area contributed by atoms with Gasteiger partial charge in [-0.15, -0.1) is 0 Å². The van der Waals surface area contributed by atoms with Gasteiger partial charge in [0.25, 0.3) is 5.91 Å². The van der Waals surface area contributed by atoms with Gasteiger partial charge in [0.15, 0.2) is 0 Å². The minimum absolute atomic E-state index is 0.323. The number of amides is 1. The minimum atomic E-state index is -0.857.